The highest BCUT2D eigenvalue weighted by molar-refractivity contribution is 7.99. The molecule has 0 spiro atoms. The van der Waals surface area contributed by atoms with Crippen LogP contribution in [-0.2, 0) is 14.6 Å². The van der Waals surface area contributed by atoms with Crippen LogP contribution in [0, 0.1) is 0 Å². The molecule has 18 heavy (non-hydrogen) atoms. The number of aliphatic hydroxyl groups excluding tert-OH is 1. The third-order valence-electron chi connectivity index (χ3n) is 2.19. The van der Waals surface area contributed by atoms with Gasteiger partial charge >= 0.3 is 5.97 Å². The van der Waals surface area contributed by atoms with Gasteiger partial charge in [-0.05, 0) is 24.0 Å². The quantitative estimate of drug-likeness (QED) is 0.820. The van der Waals surface area contributed by atoms with E-state index in [0.717, 1.165) is 24.1 Å². The maximum Gasteiger partial charge on any atom is 0.337 e. The van der Waals surface area contributed by atoms with Gasteiger partial charge in [-0.25, -0.2) is 13.2 Å². The highest BCUT2D eigenvalue weighted by Crippen LogP contribution is 2.35. The highest BCUT2D eigenvalue weighted by Gasteiger charge is 2.23. The largest absolute Gasteiger partial charge is 0.479 e. The predicted octanol–water partition coefficient (Wildman–Crippen LogP) is 1.58. The molecule has 0 aliphatic rings. The van der Waals surface area contributed by atoms with Crippen LogP contribution in [0.1, 0.15) is 11.7 Å². The summed E-state index contributed by atoms with van der Waals surface area (Å²) in [5.41, 5.74) is -0.0641. The third kappa shape index (κ3) is 3.17. The molecule has 0 heterocycles. The molecule has 0 saturated heterocycles. The van der Waals surface area contributed by atoms with E-state index in [2.05, 4.69) is 0 Å². The highest BCUT2D eigenvalue weighted by atomic mass is 35.5. The lowest BCUT2D eigenvalue weighted by Crippen LogP contribution is -2.12. The molecule has 1 aromatic rings. The molecule has 0 saturated carbocycles. The predicted molar refractivity (Wildman–Crippen MR) is 68.9 cm³/mol. The lowest BCUT2D eigenvalue weighted by molar-refractivity contribution is -0.146. The van der Waals surface area contributed by atoms with Crippen molar-refractivity contribution in [1.29, 1.82) is 0 Å². The first kappa shape index (κ1) is 15.3. The zero-order valence-electron chi connectivity index (χ0n) is 9.55. The van der Waals surface area contributed by atoms with Crippen molar-refractivity contribution < 1.29 is 23.4 Å². The lowest BCUT2D eigenvalue weighted by Gasteiger charge is -2.12. The molecule has 1 unspecified atom stereocenters. The molecular formula is C10H11ClO5S2. The standard InChI is InChI=1S/C10H11ClO5S2/c1-17-9-6(11)3-5(8(12)10(13)14)4-7(9)18(2,15)16/h3-4,8,12H,1-2H3,(H,13,14). The summed E-state index contributed by atoms with van der Waals surface area (Å²) in [4.78, 5) is 10.9. The number of carboxylic acids is 1. The van der Waals surface area contributed by atoms with Crippen molar-refractivity contribution in [2.24, 2.45) is 0 Å². The Morgan fingerprint density at radius 2 is 2.00 bits per heavy atom. The minimum absolute atomic E-state index is 0.0641. The maximum absolute atomic E-state index is 11.6. The molecule has 5 nitrogen and oxygen atoms in total. The first-order valence-electron chi connectivity index (χ1n) is 4.67. The number of hydrogen-bond acceptors (Lipinski definition) is 5. The molecule has 0 aliphatic heterocycles. The van der Waals surface area contributed by atoms with Crippen molar-refractivity contribution in [2.75, 3.05) is 12.5 Å². The van der Waals surface area contributed by atoms with Gasteiger partial charge in [0, 0.05) is 11.2 Å². The molecule has 8 heteroatoms. The van der Waals surface area contributed by atoms with Crippen molar-refractivity contribution in [1.82, 2.24) is 0 Å². The van der Waals surface area contributed by atoms with Gasteiger partial charge in [0.1, 0.15) is 0 Å². The number of thioether (sulfide) groups is 1. The van der Waals surface area contributed by atoms with Crippen LogP contribution in [0.3, 0.4) is 0 Å². The van der Waals surface area contributed by atoms with Crippen molar-refractivity contribution in [3.05, 3.63) is 22.7 Å². The Labute approximate surface area is 114 Å². The number of carboxylic acid groups (broad SMARTS) is 1. The summed E-state index contributed by atoms with van der Waals surface area (Å²) in [6, 6.07) is 2.38. The summed E-state index contributed by atoms with van der Waals surface area (Å²) in [6.45, 7) is 0. The second-order valence-electron chi connectivity index (χ2n) is 3.55. The number of hydrogen-bond donors (Lipinski definition) is 2. The van der Waals surface area contributed by atoms with E-state index in [4.69, 9.17) is 16.7 Å². The van der Waals surface area contributed by atoms with Gasteiger partial charge < -0.3 is 10.2 Å². The van der Waals surface area contributed by atoms with E-state index in [1.165, 1.54) is 6.07 Å². The van der Waals surface area contributed by atoms with E-state index in [0.29, 0.717) is 4.90 Å². The summed E-state index contributed by atoms with van der Waals surface area (Å²) in [6.07, 6.45) is 0.845. The Balaban J connectivity index is 3.55. The van der Waals surface area contributed by atoms with Gasteiger partial charge in [0.15, 0.2) is 15.9 Å². The van der Waals surface area contributed by atoms with E-state index in [-0.39, 0.29) is 15.5 Å². The molecule has 0 aliphatic carbocycles. The summed E-state index contributed by atoms with van der Waals surface area (Å²) < 4.78 is 23.2. The van der Waals surface area contributed by atoms with Crippen LogP contribution in [0.5, 0.6) is 0 Å². The number of rotatable bonds is 4. The second-order valence-corrected chi connectivity index (χ2v) is 6.75. The number of aliphatic carboxylic acids is 1. The normalized spacial score (nSPS) is 13.3. The fourth-order valence-corrected chi connectivity index (χ4v) is 3.89. The van der Waals surface area contributed by atoms with Crippen molar-refractivity contribution in [2.45, 2.75) is 15.9 Å². The molecule has 1 rings (SSSR count). The Kier molecular flexibility index (Phi) is 4.66. The van der Waals surface area contributed by atoms with Crippen LogP contribution in [0.25, 0.3) is 0 Å². The molecule has 0 fully saturated rings. The van der Waals surface area contributed by atoms with Crippen LogP contribution in [0.2, 0.25) is 5.02 Å². The van der Waals surface area contributed by atoms with Crippen molar-refractivity contribution >= 4 is 39.2 Å². The van der Waals surface area contributed by atoms with Gasteiger partial charge in [-0.15, -0.1) is 11.8 Å². The zero-order chi connectivity index (χ0) is 14.1. The van der Waals surface area contributed by atoms with E-state index in [1.807, 2.05) is 0 Å². The smallest absolute Gasteiger partial charge is 0.337 e. The molecule has 0 radical (unpaired) electrons. The third-order valence-corrected chi connectivity index (χ3v) is 4.69. The Hall–Kier alpha value is -0.760. The van der Waals surface area contributed by atoms with Crippen molar-refractivity contribution in [3.63, 3.8) is 0 Å². The fraction of sp³-hybridized carbons (Fsp3) is 0.300. The Morgan fingerprint density at radius 1 is 1.44 bits per heavy atom. The minimum Gasteiger partial charge on any atom is -0.479 e. The first-order chi connectivity index (χ1) is 8.18. The maximum atomic E-state index is 11.6. The average molecular weight is 311 g/mol. The van der Waals surface area contributed by atoms with E-state index in [1.54, 1.807) is 6.26 Å². The van der Waals surface area contributed by atoms with Gasteiger partial charge in [-0.2, -0.15) is 0 Å². The fourth-order valence-electron chi connectivity index (χ4n) is 1.36. The Bertz CT molecular complexity index is 582. The number of benzene rings is 1. The molecule has 1 aromatic carbocycles. The average Bonchev–Trinajstić information content (AvgIpc) is 2.25. The van der Waals surface area contributed by atoms with Crippen LogP contribution >= 0.6 is 23.4 Å². The second kappa shape index (κ2) is 5.48. The van der Waals surface area contributed by atoms with Gasteiger partial charge in [0.25, 0.3) is 0 Å². The molecule has 2 N–H and O–H groups in total. The monoisotopic (exact) mass is 310 g/mol. The van der Waals surface area contributed by atoms with Gasteiger partial charge in [-0.1, -0.05) is 11.6 Å². The van der Waals surface area contributed by atoms with Gasteiger partial charge in [0.05, 0.1) is 9.92 Å². The van der Waals surface area contributed by atoms with E-state index < -0.39 is 21.9 Å². The summed E-state index contributed by atoms with van der Waals surface area (Å²) in [5, 5.41) is 18.2. The van der Waals surface area contributed by atoms with Gasteiger partial charge in [0.2, 0.25) is 0 Å². The summed E-state index contributed by atoms with van der Waals surface area (Å²) in [7, 11) is -3.56. The number of halogens is 1. The first-order valence-corrected chi connectivity index (χ1v) is 8.16. The van der Waals surface area contributed by atoms with Crippen molar-refractivity contribution in [3.8, 4) is 0 Å². The molecule has 1 atom stereocenters. The minimum atomic E-state index is -3.56. The van der Waals surface area contributed by atoms with E-state index >= 15 is 0 Å². The van der Waals surface area contributed by atoms with E-state index in [9.17, 15) is 18.3 Å². The lowest BCUT2D eigenvalue weighted by atomic mass is 10.1. The number of carbonyl (C=O) groups is 1. The molecular weight excluding hydrogens is 300 g/mol. The van der Waals surface area contributed by atoms with Gasteiger partial charge in [-0.3, -0.25) is 0 Å². The molecule has 0 bridgehead atoms. The zero-order valence-corrected chi connectivity index (χ0v) is 11.9. The summed E-state index contributed by atoms with van der Waals surface area (Å²) >= 11 is 7.04. The van der Waals surface area contributed by atoms with Crippen LogP contribution < -0.4 is 0 Å². The van der Waals surface area contributed by atoms with Crippen LogP contribution in [0.4, 0.5) is 0 Å². The molecule has 100 valence electrons. The Morgan fingerprint density at radius 3 is 2.39 bits per heavy atom. The molecule has 0 aromatic heterocycles. The van der Waals surface area contributed by atoms with Crippen LogP contribution in [-0.4, -0.2) is 37.1 Å². The molecule has 0 amide bonds. The number of sulfone groups is 1. The number of aliphatic hydroxyl groups is 1. The summed E-state index contributed by atoms with van der Waals surface area (Å²) in [5.74, 6) is -1.47. The SMILES string of the molecule is CSc1c(Cl)cc(C(O)C(=O)O)cc1S(C)(=O)=O. The van der Waals surface area contributed by atoms with Crippen LogP contribution in [0.15, 0.2) is 21.9 Å². The topological polar surface area (TPSA) is 91.7 Å².